The lowest BCUT2D eigenvalue weighted by Crippen LogP contribution is -2.36. The highest BCUT2D eigenvalue weighted by Gasteiger charge is 2.29. The molecule has 0 spiro atoms. The number of rotatable bonds is 4. The van der Waals surface area contributed by atoms with Gasteiger partial charge in [-0.1, -0.05) is 5.16 Å². The standard InChI is InChI=1S/C15H16N2O5S/c1-10-7-13(22-16-10)9-23(20,21)17-6-2-3-11-8-12(15(18)19)4-5-14(11)17/h4-5,7-8H,2-3,6,9H2,1H3,(H,18,19). The van der Waals surface area contributed by atoms with Crippen molar-refractivity contribution in [1.29, 1.82) is 0 Å². The van der Waals surface area contributed by atoms with Crippen molar-refractivity contribution in [1.82, 2.24) is 5.16 Å². The zero-order valence-electron chi connectivity index (χ0n) is 12.5. The van der Waals surface area contributed by atoms with Crippen molar-refractivity contribution in [3.05, 3.63) is 46.8 Å². The maximum absolute atomic E-state index is 12.7. The van der Waals surface area contributed by atoms with Crippen LogP contribution in [0.1, 0.15) is 33.8 Å². The molecule has 2 heterocycles. The van der Waals surface area contributed by atoms with Crippen molar-refractivity contribution >= 4 is 21.7 Å². The summed E-state index contributed by atoms with van der Waals surface area (Å²) >= 11 is 0. The van der Waals surface area contributed by atoms with Crippen molar-refractivity contribution in [3.8, 4) is 0 Å². The number of carbonyl (C=O) groups is 1. The van der Waals surface area contributed by atoms with Crippen molar-refractivity contribution < 1.29 is 22.8 Å². The predicted molar refractivity (Wildman–Crippen MR) is 82.9 cm³/mol. The van der Waals surface area contributed by atoms with Crippen LogP contribution in [0.25, 0.3) is 0 Å². The van der Waals surface area contributed by atoms with Crippen LogP contribution in [0.5, 0.6) is 0 Å². The number of aromatic carboxylic acids is 1. The molecule has 1 aromatic carbocycles. The van der Waals surface area contributed by atoms with E-state index < -0.39 is 16.0 Å². The molecule has 0 unspecified atom stereocenters. The summed E-state index contributed by atoms with van der Waals surface area (Å²) in [5.74, 6) is -1.00. The molecular formula is C15H16N2O5S. The summed E-state index contributed by atoms with van der Waals surface area (Å²) in [6.07, 6.45) is 1.30. The third kappa shape index (κ3) is 3.07. The molecule has 0 aliphatic carbocycles. The van der Waals surface area contributed by atoms with Crippen LogP contribution in [0.2, 0.25) is 0 Å². The van der Waals surface area contributed by atoms with Gasteiger partial charge in [-0.15, -0.1) is 0 Å². The summed E-state index contributed by atoms with van der Waals surface area (Å²) in [4.78, 5) is 11.1. The van der Waals surface area contributed by atoms with Crippen molar-refractivity contribution in [3.63, 3.8) is 0 Å². The Balaban J connectivity index is 1.94. The highest BCUT2D eigenvalue weighted by molar-refractivity contribution is 7.92. The van der Waals surface area contributed by atoms with E-state index in [1.807, 2.05) is 0 Å². The maximum Gasteiger partial charge on any atom is 0.335 e. The van der Waals surface area contributed by atoms with Gasteiger partial charge in [-0.2, -0.15) is 0 Å². The highest BCUT2D eigenvalue weighted by Crippen LogP contribution is 2.31. The van der Waals surface area contributed by atoms with Crippen LogP contribution in [0.15, 0.2) is 28.8 Å². The average molecular weight is 336 g/mol. The zero-order valence-corrected chi connectivity index (χ0v) is 13.3. The Morgan fingerprint density at radius 1 is 1.39 bits per heavy atom. The average Bonchev–Trinajstić information content (AvgIpc) is 2.90. The number of benzene rings is 1. The summed E-state index contributed by atoms with van der Waals surface area (Å²) in [6, 6.07) is 6.11. The van der Waals surface area contributed by atoms with Crippen LogP contribution in [0.3, 0.4) is 0 Å². The van der Waals surface area contributed by atoms with E-state index in [4.69, 9.17) is 9.63 Å². The Labute approximate surface area is 133 Å². The number of aryl methyl sites for hydroxylation is 2. The molecule has 1 N–H and O–H groups in total. The summed E-state index contributed by atoms with van der Waals surface area (Å²) in [5, 5.41) is 12.8. The van der Waals surface area contributed by atoms with Gasteiger partial charge in [0, 0.05) is 12.6 Å². The van der Waals surface area contributed by atoms with Gasteiger partial charge >= 0.3 is 5.97 Å². The molecular weight excluding hydrogens is 320 g/mol. The van der Waals surface area contributed by atoms with Gasteiger partial charge in [-0.25, -0.2) is 13.2 Å². The fraction of sp³-hybridized carbons (Fsp3) is 0.333. The number of nitrogens with zero attached hydrogens (tertiary/aromatic N) is 2. The molecule has 0 amide bonds. The number of carboxylic acids is 1. The fourth-order valence-corrected chi connectivity index (χ4v) is 4.26. The molecule has 0 bridgehead atoms. The topological polar surface area (TPSA) is 101 Å². The Hall–Kier alpha value is -2.35. The number of hydrogen-bond donors (Lipinski definition) is 1. The van der Waals surface area contributed by atoms with Crippen LogP contribution < -0.4 is 4.31 Å². The van der Waals surface area contributed by atoms with Gasteiger partial charge in [-0.3, -0.25) is 4.31 Å². The molecule has 1 aliphatic rings. The molecule has 0 atom stereocenters. The Bertz CT molecular complexity index is 857. The SMILES string of the molecule is Cc1cc(CS(=O)(=O)N2CCCc3cc(C(=O)O)ccc32)on1. The van der Waals surface area contributed by atoms with Crippen LogP contribution in [0.4, 0.5) is 5.69 Å². The smallest absolute Gasteiger partial charge is 0.335 e. The van der Waals surface area contributed by atoms with E-state index in [1.165, 1.54) is 16.4 Å². The van der Waals surface area contributed by atoms with E-state index in [2.05, 4.69) is 5.16 Å². The molecule has 0 saturated carbocycles. The highest BCUT2D eigenvalue weighted by atomic mass is 32.2. The third-order valence-corrected chi connectivity index (χ3v) is 5.44. The Morgan fingerprint density at radius 2 is 2.17 bits per heavy atom. The Morgan fingerprint density at radius 3 is 2.83 bits per heavy atom. The number of sulfonamides is 1. The van der Waals surface area contributed by atoms with Crippen molar-refractivity contribution in [2.45, 2.75) is 25.5 Å². The van der Waals surface area contributed by atoms with Crippen LogP contribution in [-0.2, 0) is 22.2 Å². The van der Waals surface area contributed by atoms with E-state index in [0.717, 1.165) is 5.56 Å². The number of aromatic nitrogens is 1. The minimum Gasteiger partial charge on any atom is -0.478 e. The molecule has 7 nitrogen and oxygen atoms in total. The Kier molecular flexibility index (Phi) is 3.85. The first-order chi connectivity index (χ1) is 10.9. The maximum atomic E-state index is 12.7. The summed E-state index contributed by atoms with van der Waals surface area (Å²) in [6.45, 7) is 2.10. The lowest BCUT2D eigenvalue weighted by Gasteiger charge is -2.30. The van der Waals surface area contributed by atoms with E-state index in [-0.39, 0.29) is 17.1 Å². The van der Waals surface area contributed by atoms with Crippen LogP contribution >= 0.6 is 0 Å². The van der Waals surface area contributed by atoms with Gasteiger partial charge < -0.3 is 9.63 Å². The number of hydrogen-bond acceptors (Lipinski definition) is 5. The lowest BCUT2D eigenvalue weighted by molar-refractivity contribution is 0.0696. The fourth-order valence-electron chi connectivity index (χ4n) is 2.73. The minimum atomic E-state index is -3.62. The van der Waals surface area contributed by atoms with Crippen molar-refractivity contribution in [2.24, 2.45) is 0 Å². The first-order valence-electron chi connectivity index (χ1n) is 7.15. The lowest BCUT2D eigenvalue weighted by atomic mass is 10.0. The molecule has 2 aromatic rings. The molecule has 0 saturated heterocycles. The molecule has 1 aromatic heterocycles. The predicted octanol–water partition coefficient (Wildman–Crippen LogP) is 1.96. The second-order valence-corrected chi connectivity index (χ2v) is 7.41. The number of fused-ring (bicyclic) bond motifs is 1. The normalized spacial score (nSPS) is 14.6. The van der Waals surface area contributed by atoms with E-state index >= 15 is 0 Å². The van der Waals surface area contributed by atoms with E-state index in [9.17, 15) is 13.2 Å². The quantitative estimate of drug-likeness (QED) is 0.916. The number of anilines is 1. The minimum absolute atomic E-state index is 0.161. The van der Waals surface area contributed by atoms with E-state index in [1.54, 1.807) is 19.1 Å². The second kappa shape index (κ2) is 5.69. The zero-order chi connectivity index (χ0) is 16.6. The van der Waals surface area contributed by atoms with Crippen LogP contribution in [0, 0.1) is 6.92 Å². The summed E-state index contributed by atoms with van der Waals surface area (Å²) in [7, 11) is -3.62. The number of carboxylic acid groups (broad SMARTS) is 1. The molecule has 8 heteroatoms. The van der Waals surface area contributed by atoms with E-state index in [0.29, 0.717) is 30.8 Å². The molecule has 0 radical (unpaired) electrons. The van der Waals surface area contributed by atoms with Gasteiger partial charge in [-0.05, 0) is 43.5 Å². The summed E-state index contributed by atoms with van der Waals surface area (Å²) < 4.78 is 31.7. The molecule has 122 valence electrons. The monoisotopic (exact) mass is 336 g/mol. The van der Waals surface area contributed by atoms with Gasteiger partial charge in [0.15, 0.2) is 5.76 Å². The molecule has 1 aliphatic heterocycles. The van der Waals surface area contributed by atoms with Gasteiger partial charge in [0.2, 0.25) is 10.0 Å². The molecule has 3 rings (SSSR count). The van der Waals surface area contributed by atoms with Gasteiger partial charge in [0.1, 0.15) is 5.75 Å². The molecule has 0 fully saturated rings. The van der Waals surface area contributed by atoms with Crippen molar-refractivity contribution in [2.75, 3.05) is 10.8 Å². The second-order valence-electron chi connectivity index (χ2n) is 5.52. The molecule has 23 heavy (non-hydrogen) atoms. The van der Waals surface area contributed by atoms with Gasteiger partial charge in [0.25, 0.3) is 0 Å². The third-order valence-electron chi connectivity index (χ3n) is 3.74. The summed E-state index contributed by atoms with van der Waals surface area (Å²) in [5.41, 5.74) is 2.06. The first-order valence-corrected chi connectivity index (χ1v) is 8.76. The van der Waals surface area contributed by atoms with Gasteiger partial charge in [0.05, 0.1) is 16.9 Å². The van der Waals surface area contributed by atoms with Crippen LogP contribution in [-0.4, -0.2) is 31.2 Å². The first kappa shape index (κ1) is 15.5. The largest absolute Gasteiger partial charge is 0.478 e.